The fraction of sp³-hybridized carbons (Fsp3) is 0.333. The van der Waals surface area contributed by atoms with Gasteiger partial charge in [0.15, 0.2) is 0 Å². The number of nitrogens with one attached hydrogen (secondary N) is 1. The summed E-state index contributed by atoms with van der Waals surface area (Å²) in [5, 5.41) is 5.62. The van der Waals surface area contributed by atoms with Gasteiger partial charge in [-0.05, 0) is 37.5 Å². The van der Waals surface area contributed by atoms with Crippen molar-refractivity contribution in [3.63, 3.8) is 0 Å². The number of aryl methyl sites for hydroxylation is 1. The van der Waals surface area contributed by atoms with Crippen molar-refractivity contribution in [2.75, 3.05) is 12.0 Å². The molecule has 3 amide bonds. The highest BCUT2D eigenvalue weighted by atomic mass is 32.2. The predicted octanol–water partition coefficient (Wildman–Crippen LogP) is 2.49. The van der Waals surface area contributed by atoms with Gasteiger partial charge in [0.2, 0.25) is 5.91 Å². The summed E-state index contributed by atoms with van der Waals surface area (Å²) in [4.78, 5) is 43.6. The highest BCUT2D eigenvalue weighted by molar-refractivity contribution is 7.98. The maximum Gasteiger partial charge on any atom is 0.262 e. The number of thioether (sulfide) groups is 1. The summed E-state index contributed by atoms with van der Waals surface area (Å²) in [5.74, 6) is -0.478. The SMILES string of the molecule is CSCCC(C(=O)NCc1csc(C)n1)N1C(=O)c2ccccc2C1=O. The van der Waals surface area contributed by atoms with Gasteiger partial charge in [-0.25, -0.2) is 4.98 Å². The second-order valence-corrected chi connectivity index (χ2v) is 7.95. The van der Waals surface area contributed by atoms with Crippen LogP contribution in [0.5, 0.6) is 0 Å². The number of thiazole rings is 1. The van der Waals surface area contributed by atoms with Gasteiger partial charge in [-0.15, -0.1) is 11.3 Å². The lowest BCUT2D eigenvalue weighted by Crippen LogP contribution is -2.49. The number of carbonyl (C=O) groups is 3. The Kier molecular flexibility index (Phi) is 5.73. The first-order chi connectivity index (χ1) is 12.5. The van der Waals surface area contributed by atoms with Gasteiger partial charge in [0, 0.05) is 5.38 Å². The van der Waals surface area contributed by atoms with Crippen LogP contribution in [-0.4, -0.2) is 45.7 Å². The van der Waals surface area contributed by atoms with Crippen LogP contribution in [0.15, 0.2) is 29.6 Å². The van der Waals surface area contributed by atoms with Gasteiger partial charge in [0.05, 0.1) is 28.4 Å². The van der Waals surface area contributed by atoms with E-state index in [0.717, 1.165) is 15.6 Å². The van der Waals surface area contributed by atoms with Crippen LogP contribution in [0.2, 0.25) is 0 Å². The summed E-state index contributed by atoms with van der Waals surface area (Å²) in [6, 6.07) is 5.85. The van der Waals surface area contributed by atoms with Crippen molar-refractivity contribution in [1.82, 2.24) is 15.2 Å². The Morgan fingerprint density at radius 2 is 1.92 bits per heavy atom. The Bertz CT molecular complexity index is 815. The highest BCUT2D eigenvalue weighted by Gasteiger charge is 2.42. The second-order valence-electron chi connectivity index (χ2n) is 5.90. The van der Waals surface area contributed by atoms with Gasteiger partial charge in [-0.3, -0.25) is 19.3 Å². The van der Waals surface area contributed by atoms with Gasteiger partial charge in [-0.1, -0.05) is 12.1 Å². The van der Waals surface area contributed by atoms with Crippen LogP contribution in [0.1, 0.15) is 37.8 Å². The molecule has 26 heavy (non-hydrogen) atoms. The van der Waals surface area contributed by atoms with Gasteiger partial charge >= 0.3 is 0 Å². The summed E-state index contributed by atoms with van der Waals surface area (Å²) in [6.45, 7) is 2.18. The number of carbonyl (C=O) groups excluding carboxylic acids is 3. The van der Waals surface area contributed by atoms with Crippen LogP contribution >= 0.6 is 23.1 Å². The summed E-state index contributed by atoms with van der Waals surface area (Å²) < 4.78 is 0. The van der Waals surface area contributed by atoms with E-state index in [2.05, 4.69) is 10.3 Å². The lowest BCUT2D eigenvalue weighted by Gasteiger charge is -2.25. The summed E-state index contributed by atoms with van der Waals surface area (Å²) in [5.41, 5.74) is 1.48. The number of hydrogen-bond acceptors (Lipinski definition) is 6. The van der Waals surface area contributed by atoms with Crippen molar-refractivity contribution in [2.24, 2.45) is 0 Å². The molecule has 0 fully saturated rings. The lowest BCUT2D eigenvalue weighted by atomic mass is 10.1. The zero-order chi connectivity index (χ0) is 18.7. The molecule has 1 aliphatic heterocycles. The van der Waals surface area contributed by atoms with Crippen LogP contribution in [0.4, 0.5) is 0 Å². The number of imide groups is 1. The number of aromatic nitrogens is 1. The van der Waals surface area contributed by atoms with Crippen molar-refractivity contribution in [3.05, 3.63) is 51.5 Å². The first kappa shape index (κ1) is 18.6. The van der Waals surface area contributed by atoms with Gasteiger partial charge in [0.25, 0.3) is 11.8 Å². The first-order valence-electron chi connectivity index (χ1n) is 8.17. The van der Waals surface area contributed by atoms with Crippen LogP contribution in [0, 0.1) is 6.92 Å². The van der Waals surface area contributed by atoms with Gasteiger partial charge in [0.1, 0.15) is 6.04 Å². The lowest BCUT2D eigenvalue weighted by molar-refractivity contribution is -0.125. The molecule has 3 rings (SSSR count). The van der Waals surface area contributed by atoms with Crippen LogP contribution in [0.25, 0.3) is 0 Å². The molecule has 1 aromatic carbocycles. The molecule has 0 aliphatic carbocycles. The molecule has 1 atom stereocenters. The van der Waals surface area contributed by atoms with E-state index in [1.54, 1.807) is 36.0 Å². The van der Waals surface area contributed by atoms with Crippen molar-refractivity contribution in [1.29, 1.82) is 0 Å². The van der Waals surface area contributed by atoms with Crippen LogP contribution in [0.3, 0.4) is 0 Å². The Morgan fingerprint density at radius 1 is 1.27 bits per heavy atom. The van der Waals surface area contributed by atoms with Crippen molar-refractivity contribution in [3.8, 4) is 0 Å². The monoisotopic (exact) mass is 389 g/mol. The van der Waals surface area contributed by atoms with E-state index in [1.807, 2.05) is 18.6 Å². The number of rotatable bonds is 7. The van der Waals surface area contributed by atoms with E-state index in [-0.39, 0.29) is 12.5 Å². The Hall–Kier alpha value is -2.19. The van der Waals surface area contributed by atoms with Crippen LogP contribution in [-0.2, 0) is 11.3 Å². The van der Waals surface area contributed by atoms with Crippen molar-refractivity contribution >= 4 is 40.8 Å². The average Bonchev–Trinajstić information content (AvgIpc) is 3.17. The standard InChI is InChI=1S/C18H19N3O3S2/c1-11-20-12(10-26-11)9-19-16(22)15(7-8-25-2)21-17(23)13-5-3-4-6-14(13)18(21)24/h3-6,10,15H,7-9H2,1-2H3,(H,19,22). The fourth-order valence-corrected chi connectivity index (χ4v) is 3.95. The molecule has 1 N–H and O–H groups in total. The smallest absolute Gasteiger partial charge is 0.262 e. The number of hydrogen-bond donors (Lipinski definition) is 1. The second kappa shape index (κ2) is 8.01. The maximum absolute atomic E-state index is 12.8. The fourth-order valence-electron chi connectivity index (χ4n) is 2.88. The average molecular weight is 390 g/mol. The predicted molar refractivity (Wildman–Crippen MR) is 102 cm³/mol. The summed E-state index contributed by atoms with van der Waals surface area (Å²) in [7, 11) is 0. The number of amides is 3. The van der Waals surface area contributed by atoms with E-state index in [0.29, 0.717) is 23.3 Å². The van der Waals surface area contributed by atoms with Crippen molar-refractivity contribution in [2.45, 2.75) is 25.9 Å². The zero-order valence-electron chi connectivity index (χ0n) is 14.5. The number of benzene rings is 1. The number of nitrogens with zero attached hydrogens (tertiary/aromatic N) is 2. The maximum atomic E-state index is 12.8. The molecular weight excluding hydrogens is 370 g/mol. The third-order valence-corrected chi connectivity index (χ3v) is 5.61. The van der Waals surface area contributed by atoms with Crippen molar-refractivity contribution < 1.29 is 14.4 Å². The molecule has 1 unspecified atom stereocenters. The normalized spacial score (nSPS) is 14.5. The molecular formula is C18H19N3O3S2. The molecule has 0 saturated carbocycles. The molecule has 0 spiro atoms. The minimum absolute atomic E-state index is 0.280. The molecule has 8 heteroatoms. The third-order valence-electron chi connectivity index (χ3n) is 4.15. The number of fused-ring (bicyclic) bond motifs is 1. The van der Waals surface area contributed by atoms with Gasteiger partial charge in [-0.2, -0.15) is 11.8 Å². The molecule has 6 nitrogen and oxygen atoms in total. The Labute approximate surface area is 160 Å². The van der Waals surface area contributed by atoms with E-state index in [4.69, 9.17) is 0 Å². The Morgan fingerprint density at radius 3 is 2.46 bits per heavy atom. The molecule has 1 aromatic heterocycles. The highest BCUT2D eigenvalue weighted by Crippen LogP contribution is 2.26. The molecule has 136 valence electrons. The van der Waals surface area contributed by atoms with Gasteiger partial charge < -0.3 is 5.32 Å². The Balaban J connectivity index is 1.78. The first-order valence-corrected chi connectivity index (χ1v) is 10.4. The molecule has 0 saturated heterocycles. The topological polar surface area (TPSA) is 79.4 Å². The molecule has 1 aliphatic rings. The molecule has 2 heterocycles. The third kappa shape index (κ3) is 3.66. The van der Waals surface area contributed by atoms with E-state index < -0.39 is 17.9 Å². The minimum atomic E-state index is -0.824. The quantitative estimate of drug-likeness (QED) is 0.736. The zero-order valence-corrected chi connectivity index (χ0v) is 16.2. The van der Waals surface area contributed by atoms with E-state index >= 15 is 0 Å². The molecule has 0 bridgehead atoms. The largest absolute Gasteiger partial charge is 0.349 e. The molecule has 0 radical (unpaired) electrons. The van der Waals surface area contributed by atoms with E-state index in [9.17, 15) is 14.4 Å². The summed E-state index contributed by atoms with van der Waals surface area (Å²) >= 11 is 3.08. The minimum Gasteiger partial charge on any atom is -0.349 e. The molecule has 2 aromatic rings. The van der Waals surface area contributed by atoms with Crippen LogP contribution < -0.4 is 5.32 Å². The van der Waals surface area contributed by atoms with E-state index in [1.165, 1.54) is 11.3 Å². The summed E-state index contributed by atoms with van der Waals surface area (Å²) in [6.07, 6.45) is 2.34.